The topological polar surface area (TPSA) is 29.5 Å². The van der Waals surface area contributed by atoms with Gasteiger partial charge in [-0.3, -0.25) is 4.79 Å². The Labute approximate surface area is 105 Å². The minimum absolute atomic E-state index is 0.0114. The second-order valence-corrected chi connectivity index (χ2v) is 4.55. The molecule has 0 heterocycles. The lowest BCUT2D eigenvalue weighted by molar-refractivity contribution is 0.0827. The molecule has 0 N–H and O–H groups in total. The minimum atomic E-state index is -0.0114. The van der Waals surface area contributed by atoms with Crippen molar-refractivity contribution in [3.63, 3.8) is 0 Å². The van der Waals surface area contributed by atoms with Gasteiger partial charge in [0.2, 0.25) is 0 Å². The van der Waals surface area contributed by atoms with Gasteiger partial charge in [-0.1, -0.05) is 6.92 Å². The zero-order chi connectivity index (χ0) is 12.1. The Morgan fingerprint density at radius 3 is 2.62 bits per heavy atom. The Kier molecular flexibility index (Phi) is 4.80. The van der Waals surface area contributed by atoms with Crippen molar-refractivity contribution in [1.29, 1.82) is 0 Å². The van der Waals surface area contributed by atoms with Gasteiger partial charge in [0, 0.05) is 19.7 Å². The van der Waals surface area contributed by atoms with E-state index in [2.05, 4.69) is 22.9 Å². The second-order valence-electron chi connectivity index (χ2n) is 3.69. The summed E-state index contributed by atoms with van der Waals surface area (Å²) in [4.78, 5) is 13.2. The van der Waals surface area contributed by atoms with Crippen LogP contribution >= 0.6 is 15.9 Å². The van der Waals surface area contributed by atoms with Crippen LogP contribution < -0.4 is 4.74 Å². The van der Waals surface area contributed by atoms with Crippen molar-refractivity contribution >= 4 is 21.8 Å². The average molecular weight is 286 g/mol. The Bertz CT molecular complexity index is 377. The van der Waals surface area contributed by atoms with E-state index in [-0.39, 0.29) is 5.91 Å². The summed E-state index contributed by atoms with van der Waals surface area (Å²) in [5.41, 5.74) is 0.653. The molecule has 0 radical (unpaired) electrons. The van der Waals surface area contributed by atoms with Gasteiger partial charge in [0.25, 0.3) is 5.91 Å². The van der Waals surface area contributed by atoms with Crippen molar-refractivity contribution in [2.75, 3.05) is 20.7 Å². The fourth-order valence-corrected chi connectivity index (χ4v) is 1.71. The van der Waals surface area contributed by atoms with Crippen LogP contribution in [0.4, 0.5) is 0 Å². The van der Waals surface area contributed by atoms with Crippen LogP contribution in [0.5, 0.6) is 5.75 Å². The maximum Gasteiger partial charge on any atom is 0.253 e. The van der Waals surface area contributed by atoms with Gasteiger partial charge in [0.05, 0.1) is 11.1 Å². The quantitative estimate of drug-likeness (QED) is 0.851. The highest BCUT2D eigenvalue weighted by atomic mass is 79.9. The summed E-state index contributed by atoms with van der Waals surface area (Å²) < 4.78 is 6.32. The summed E-state index contributed by atoms with van der Waals surface area (Å²) in [5.74, 6) is 0.764. The zero-order valence-electron chi connectivity index (χ0n) is 9.79. The Hall–Kier alpha value is -1.03. The molecule has 4 heteroatoms. The summed E-state index contributed by atoms with van der Waals surface area (Å²) in [6, 6.07) is 5.38. The molecule has 16 heavy (non-hydrogen) atoms. The van der Waals surface area contributed by atoms with E-state index in [1.165, 1.54) is 0 Å². The second kappa shape index (κ2) is 5.89. The van der Waals surface area contributed by atoms with Crippen molar-refractivity contribution in [3.05, 3.63) is 28.2 Å². The lowest BCUT2D eigenvalue weighted by Crippen LogP contribution is -2.21. The van der Waals surface area contributed by atoms with Crippen molar-refractivity contribution in [2.24, 2.45) is 0 Å². The third-order valence-corrected chi connectivity index (χ3v) is 2.67. The third-order valence-electron chi connectivity index (χ3n) is 2.05. The minimum Gasteiger partial charge on any atom is -0.492 e. The van der Waals surface area contributed by atoms with E-state index in [1.54, 1.807) is 31.1 Å². The van der Waals surface area contributed by atoms with E-state index in [1.807, 2.05) is 6.07 Å². The van der Waals surface area contributed by atoms with Crippen molar-refractivity contribution in [1.82, 2.24) is 4.90 Å². The van der Waals surface area contributed by atoms with Crippen LogP contribution in [-0.2, 0) is 0 Å². The first-order chi connectivity index (χ1) is 7.56. The molecular formula is C12H16BrNO2. The monoisotopic (exact) mass is 285 g/mol. The molecule has 0 atom stereocenters. The molecule has 0 aliphatic rings. The van der Waals surface area contributed by atoms with Crippen molar-refractivity contribution in [2.45, 2.75) is 13.3 Å². The number of amides is 1. The van der Waals surface area contributed by atoms with Gasteiger partial charge in [-0.15, -0.1) is 0 Å². The first-order valence-corrected chi connectivity index (χ1v) is 5.99. The molecule has 0 saturated heterocycles. The number of carbonyl (C=O) groups is 1. The molecule has 0 unspecified atom stereocenters. The lowest BCUT2D eigenvalue weighted by Gasteiger charge is -2.12. The van der Waals surface area contributed by atoms with E-state index in [4.69, 9.17) is 4.74 Å². The van der Waals surface area contributed by atoms with Gasteiger partial charge in [0.15, 0.2) is 0 Å². The van der Waals surface area contributed by atoms with Crippen LogP contribution in [0.1, 0.15) is 23.7 Å². The molecule has 0 aliphatic carbocycles. The maximum absolute atomic E-state index is 11.7. The maximum atomic E-state index is 11.7. The standard InChI is InChI=1S/C12H16BrNO2/c1-4-7-16-11-6-5-9(8-10(11)13)12(15)14(2)3/h5-6,8H,4,7H2,1-3H3. The lowest BCUT2D eigenvalue weighted by atomic mass is 10.2. The summed E-state index contributed by atoms with van der Waals surface area (Å²) in [7, 11) is 3.47. The molecule has 0 saturated carbocycles. The zero-order valence-corrected chi connectivity index (χ0v) is 11.4. The van der Waals surface area contributed by atoms with E-state index >= 15 is 0 Å². The van der Waals surface area contributed by atoms with Crippen LogP contribution in [0.3, 0.4) is 0 Å². The number of benzene rings is 1. The summed E-state index contributed by atoms with van der Waals surface area (Å²) in [6.45, 7) is 2.73. The molecule has 1 aromatic rings. The summed E-state index contributed by atoms with van der Waals surface area (Å²) in [6.07, 6.45) is 0.963. The fourth-order valence-electron chi connectivity index (χ4n) is 1.22. The normalized spacial score (nSPS) is 10.0. The number of ether oxygens (including phenoxy) is 1. The van der Waals surface area contributed by atoms with Crippen LogP contribution in [0.15, 0.2) is 22.7 Å². The number of hydrogen-bond acceptors (Lipinski definition) is 2. The highest BCUT2D eigenvalue weighted by Crippen LogP contribution is 2.26. The molecule has 0 fully saturated rings. The molecular weight excluding hydrogens is 270 g/mol. The number of halogens is 1. The number of hydrogen-bond donors (Lipinski definition) is 0. The molecule has 88 valence electrons. The summed E-state index contributed by atoms with van der Waals surface area (Å²) >= 11 is 3.40. The van der Waals surface area contributed by atoms with Gasteiger partial charge < -0.3 is 9.64 Å². The predicted molar refractivity (Wildman–Crippen MR) is 67.9 cm³/mol. The molecule has 1 aromatic carbocycles. The van der Waals surface area contributed by atoms with E-state index in [0.29, 0.717) is 12.2 Å². The molecule has 0 spiro atoms. The molecule has 0 bridgehead atoms. The molecule has 0 aromatic heterocycles. The molecule has 1 amide bonds. The summed E-state index contributed by atoms with van der Waals surface area (Å²) in [5, 5.41) is 0. The Morgan fingerprint density at radius 2 is 2.12 bits per heavy atom. The van der Waals surface area contributed by atoms with Crippen LogP contribution in [0.2, 0.25) is 0 Å². The average Bonchev–Trinajstić information content (AvgIpc) is 2.26. The molecule has 3 nitrogen and oxygen atoms in total. The van der Waals surface area contributed by atoms with Gasteiger partial charge >= 0.3 is 0 Å². The Balaban J connectivity index is 2.86. The third kappa shape index (κ3) is 3.23. The van der Waals surface area contributed by atoms with Crippen molar-refractivity contribution < 1.29 is 9.53 Å². The Morgan fingerprint density at radius 1 is 1.44 bits per heavy atom. The number of carbonyl (C=O) groups excluding carboxylic acids is 1. The van der Waals surface area contributed by atoms with Gasteiger partial charge in [-0.25, -0.2) is 0 Å². The highest BCUT2D eigenvalue weighted by molar-refractivity contribution is 9.10. The van der Waals surface area contributed by atoms with Crippen LogP contribution in [0, 0.1) is 0 Å². The van der Waals surface area contributed by atoms with E-state index < -0.39 is 0 Å². The number of rotatable bonds is 4. The van der Waals surface area contributed by atoms with E-state index in [0.717, 1.165) is 16.6 Å². The smallest absolute Gasteiger partial charge is 0.253 e. The van der Waals surface area contributed by atoms with Gasteiger partial charge in [-0.2, -0.15) is 0 Å². The molecule has 1 rings (SSSR count). The van der Waals surface area contributed by atoms with Crippen LogP contribution in [-0.4, -0.2) is 31.5 Å². The first kappa shape index (κ1) is 13.0. The largest absolute Gasteiger partial charge is 0.492 e. The fraction of sp³-hybridized carbons (Fsp3) is 0.417. The van der Waals surface area contributed by atoms with Gasteiger partial charge in [0.1, 0.15) is 5.75 Å². The van der Waals surface area contributed by atoms with Crippen molar-refractivity contribution in [3.8, 4) is 5.75 Å². The van der Waals surface area contributed by atoms with Crippen LogP contribution in [0.25, 0.3) is 0 Å². The number of nitrogens with zero attached hydrogens (tertiary/aromatic N) is 1. The predicted octanol–water partition coefficient (Wildman–Crippen LogP) is 2.94. The van der Waals surface area contributed by atoms with Gasteiger partial charge in [-0.05, 0) is 40.5 Å². The molecule has 0 aliphatic heterocycles. The first-order valence-electron chi connectivity index (χ1n) is 5.20. The van der Waals surface area contributed by atoms with E-state index in [9.17, 15) is 4.79 Å². The SMILES string of the molecule is CCCOc1ccc(C(=O)N(C)C)cc1Br. The highest BCUT2D eigenvalue weighted by Gasteiger charge is 2.10.